The second kappa shape index (κ2) is 8.37. The van der Waals surface area contributed by atoms with Crippen molar-refractivity contribution in [1.82, 2.24) is 18.7 Å². The highest BCUT2D eigenvalue weighted by molar-refractivity contribution is 6.31. The Hall–Kier alpha value is -3.23. The predicted octanol–water partition coefficient (Wildman–Crippen LogP) is 3.37. The Bertz CT molecular complexity index is 1400. The van der Waals surface area contributed by atoms with Gasteiger partial charge in [-0.1, -0.05) is 29.8 Å². The van der Waals surface area contributed by atoms with Gasteiger partial charge in [0.15, 0.2) is 11.2 Å². The number of benzene rings is 2. The number of hydrogen-bond donors (Lipinski definition) is 0. The molecular weight excluding hydrogens is 435 g/mol. The summed E-state index contributed by atoms with van der Waals surface area (Å²) in [5.74, 6) is -0.421. The van der Waals surface area contributed by atoms with E-state index in [1.54, 1.807) is 10.6 Å². The molecule has 2 aromatic heterocycles. The molecule has 1 aliphatic rings. The maximum atomic E-state index is 13.5. The third kappa shape index (κ3) is 3.65. The van der Waals surface area contributed by atoms with Gasteiger partial charge in [0.2, 0.25) is 0 Å². The minimum Gasteiger partial charge on any atom is -0.376 e. The normalized spacial score (nSPS) is 16.1. The van der Waals surface area contributed by atoms with Crippen LogP contribution in [0.4, 0.5) is 4.39 Å². The van der Waals surface area contributed by atoms with E-state index < -0.39 is 17.1 Å². The molecule has 1 saturated heterocycles. The van der Waals surface area contributed by atoms with Gasteiger partial charge in [0, 0.05) is 11.6 Å². The van der Waals surface area contributed by atoms with Crippen molar-refractivity contribution in [3.63, 3.8) is 0 Å². The molecule has 0 amide bonds. The fraction of sp³-hybridized carbons (Fsp3) is 0.261. The van der Waals surface area contributed by atoms with Crippen molar-refractivity contribution < 1.29 is 9.13 Å². The van der Waals surface area contributed by atoms with Crippen LogP contribution in [-0.2, 0) is 17.8 Å². The van der Waals surface area contributed by atoms with Crippen LogP contribution in [0.2, 0.25) is 5.02 Å². The number of aromatic nitrogens is 4. The highest BCUT2D eigenvalue weighted by atomic mass is 35.5. The molecule has 9 heteroatoms. The summed E-state index contributed by atoms with van der Waals surface area (Å²) in [5, 5.41) is 0.570. The lowest BCUT2D eigenvalue weighted by molar-refractivity contribution is 0.0950. The van der Waals surface area contributed by atoms with Gasteiger partial charge in [0.1, 0.15) is 5.82 Å². The molecule has 0 unspecified atom stereocenters. The third-order valence-electron chi connectivity index (χ3n) is 5.69. The van der Waals surface area contributed by atoms with Crippen LogP contribution in [0.3, 0.4) is 0 Å². The minimum atomic E-state index is -0.535. The molecule has 7 nitrogen and oxygen atoms in total. The quantitative estimate of drug-likeness (QED) is 0.463. The van der Waals surface area contributed by atoms with Gasteiger partial charge in [-0.25, -0.2) is 18.7 Å². The molecule has 32 heavy (non-hydrogen) atoms. The van der Waals surface area contributed by atoms with Gasteiger partial charge in [0.05, 0.1) is 31.2 Å². The predicted molar refractivity (Wildman–Crippen MR) is 119 cm³/mol. The Labute approximate surface area is 187 Å². The van der Waals surface area contributed by atoms with Crippen LogP contribution in [-0.4, -0.2) is 31.4 Å². The smallest absolute Gasteiger partial charge is 0.337 e. The molecule has 1 aliphatic heterocycles. The molecular formula is C23H20ClFN4O3. The number of ether oxygens (including phenoxy) is 1. The molecule has 5 rings (SSSR count). The monoisotopic (exact) mass is 454 g/mol. The van der Waals surface area contributed by atoms with Gasteiger partial charge in [-0.3, -0.25) is 9.36 Å². The molecule has 164 valence electrons. The maximum Gasteiger partial charge on any atom is 0.337 e. The van der Waals surface area contributed by atoms with Crippen molar-refractivity contribution in [3.8, 4) is 5.69 Å². The first-order valence-corrected chi connectivity index (χ1v) is 10.7. The number of halogens is 2. The van der Waals surface area contributed by atoms with Gasteiger partial charge >= 0.3 is 5.69 Å². The summed E-state index contributed by atoms with van der Waals surface area (Å²) >= 11 is 6.32. The Morgan fingerprint density at radius 1 is 1.12 bits per heavy atom. The SMILES string of the molecule is O=c1c2c(ncn2Cc2ccccc2Cl)n(-c2ccc(F)cc2)c(=O)n1C[C@H]1CCCO1. The van der Waals surface area contributed by atoms with Crippen molar-refractivity contribution in [3.05, 3.63) is 92.1 Å². The molecule has 0 saturated carbocycles. The number of imidazole rings is 1. The lowest BCUT2D eigenvalue weighted by atomic mass is 10.2. The van der Waals surface area contributed by atoms with Gasteiger partial charge in [0.25, 0.3) is 5.56 Å². The van der Waals surface area contributed by atoms with E-state index in [4.69, 9.17) is 16.3 Å². The van der Waals surface area contributed by atoms with Gasteiger partial charge < -0.3 is 9.30 Å². The van der Waals surface area contributed by atoms with Crippen LogP contribution in [0.1, 0.15) is 18.4 Å². The Morgan fingerprint density at radius 2 is 1.91 bits per heavy atom. The number of rotatable bonds is 5. The van der Waals surface area contributed by atoms with E-state index in [1.807, 2.05) is 18.2 Å². The molecule has 2 aromatic carbocycles. The summed E-state index contributed by atoms with van der Waals surface area (Å²) in [5.41, 5.74) is 0.744. The molecule has 4 aromatic rings. The summed E-state index contributed by atoms with van der Waals surface area (Å²) in [7, 11) is 0. The summed E-state index contributed by atoms with van der Waals surface area (Å²) in [4.78, 5) is 31.3. The summed E-state index contributed by atoms with van der Waals surface area (Å²) in [6.45, 7) is 1.07. The average molecular weight is 455 g/mol. The molecule has 0 bridgehead atoms. The van der Waals surface area contributed by atoms with E-state index >= 15 is 0 Å². The molecule has 3 heterocycles. The standard InChI is InChI=1S/C23H20ClFN4O3/c24-19-6-2-1-4-15(19)12-27-14-26-21-20(27)22(30)28(13-18-5-3-11-32-18)23(31)29(21)17-9-7-16(25)8-10-17/h1-2,4,6-10,14,18H,3,5,11-13H2/t18-/m1/s1. The van der Waals surface area contributed by atoms with Crippen LogP contribution in [0.25, 0.3) is 16.9 Å². The topological polar surface area (TPSA) is 71.0 Å². The van der Waals surface area contributed by atoms with Crippen LogP contribution in [0.15, 0.2) is 64.4 Å². The lowest BCUT2D eigenvalue weighted by Gasteiger charge is -2.15. The van der Waals surface area contributed by atoms with Crippen LogP contribution >= 0.6 is 11.6 Å². The van der Waals surface area contributed by atoms with Crippen molar-refractivity contribution in [2.24, 2.45) is 0 Å². The van der Waals surface area contributed by atoms with Crippen LogP contribution < -0.4 is 11.2 Å². The molecule has 0 radical (unpaired) electrons. The second-order valence-corrected chi connectivity index (χ2v) is 8.19. The third-order valence-corrected chi connectivity index (χ3v) is 6.06. The first-order chi connectivity index (χ1) is 15.5. The minimum absolute atomic E-state index is 0.145. The number of nitrogens with zero attached hydrogens (tertiary/aromatic N) is 4. The first kappa shape index (κ1) is 20.7. The van der Waals surface area contributed by atoms with Gasteiger partial charge in [-0.05, 0) is 48.7 Å². The van der Waals surface area contributed by atoms with E-state index in [2.05, 4.69) is 4.98 Å². The van der Waals surface area contributed by atoms with E-state index in [-0.39, 0.29) is 23.8 Å². The largest absolute Gasteiger partial charge is 0.376 e. The Balaban J connectivity index is 1.73. The van der Waals surface area contributed by atoms with Crippen LogP contribution in [0.5, 0.6) is 0 Å². The van der Waals surface area contributed by atoms with Crippen molar-refractivity contribution >= 4 is 22.8 Å². The fourth-order valence-corrected chi connectivity index (χ4v) is 4.28. The number of hydrogen-bond acceptors (Lipinski definition) is 4. The lowest BCUT2D eigenvalue weighted by Crippen LogP contribution is -2.42. The molecule has 1 atom stereocenters. The molecule has 0 N–H and O–H groups in total. The maximum absolute atomic E-state index is 13.5. The highest BCUT2D eigenvalue weighted by Gasteiger charge is 2.23. The van der Waals surface area contributed by atoms with E-state index in [9.17, 15) is 14.0 Å². The molecule has 0 spiro atoms. The van der Waals surface area contributed by atoms with E-state index in [1.165, 1.54) is 39.7 Å². The summed E-state index contributed by atoms with van der Waals surface area (Å²) in [6, 6.07) is 12.9. The summed E-state index contributed by atoms with van der Waals surface area (Å²) < 4.78 is 23.4. The van der Waals surface area contributed by atoms with Crippen molar-refractivity contribution in [1.29, 1.82) is 0 Å². The van der Waals surface area contributed by atoms with E-state index in [0.29, 0.717) is 23.9 Å². The van der Waals surface area contributed by atoms with Gasteiger partial charge in [-0.2, -0.15) is 0 Å². The zero-order chi connectivity index (χ0) is 22.2. The highest BCUT2D eigenvalue weighted by Crippen LogP contribution is 2.20. The zero-order valence-electron chi connectivity index (χ0n) is 17.1. The van der Waals surface area contributed by atoms with Crippen molar-refractivity contribution in [2.45, 2.75) is 32.0 Å². The fourth-order valence-electron chi connectivity index (χ4n) is 4.09. The number of fused-ring (bicyclic) bond motifs is 1. The average Bonchev–Trinajstić information content (AvgIpc) is 3.44. The zero-order valence-corrected chi connectivity index (χ0v) is 17.8. The van der Waals surface area contributed by atoms with Crippen molar-refractivity contribution in [2.75, 3.05) is 6.61 Å². The first-order valence-electron chi connectivity index (χ1n) is 10.3. The second-order valence-electron chi connectivity index (χ2n) is 7.78. The van der Waals surface area contributed by atoms with Crippen LogP contribution in [0, 0.1) is 5.82 Å². The Morgan fingerprint density at radius 3 is 2.62 bits per heavy atom. The van der Waals surface area contributed by atoms with E-state index in [0.717, 1.165) is 18.4 Å². The van der Waals surface area contributed by atoms with Gasteiger partial charge in [-0.15, -0.1) is 0 Å². The Kier molecular flexibility index (Phi) is 5.40. The molecule has 1 fully saturated rings. The molecule has 0 aliphatic carbocycles. The summed E-state index contributed by atoms with van der Waals surface area (Å²) in [6.07, 6.45) is 2.97.